The standard InChI is InChI=1S/C23H26FNO3/c24-19-3-1-4-20(10-19)28-15-22(26)25(14-21-5-2-6-27-21)23-11-16-7-17(12-23)9-18(8-16)13-23/h1-6,10,16-18H,7-9,11-15H2. The maximum Gasteiger partial charge on any atom is 0.261 e. The van der Waals surface area contributed by atoms with Gasteiger partial charge >= 0.3 is 0 Å². The van der Waals surface area contributed by atoms with E-state index in [1.54, 1.807) is 18.4 Å². The van der Waals surface area contributed by atoms with Crippen molar-refractivity contribution in [1.29, 1.82) is 0 Å². The summed E-state index contributed by atoms with van der Waals surface area (Å²) in [5.74, 6) is 3.00. The molecule has 4 aliphatic rings. The Morgan fingerprint density at radius 3 is 2.43 bits per heavy atom. The van der Waals surface area contributed by atoms with Crippen molar-refractivity contribution < 1.29 is 18.3 Å². The molecule has 0 atom stereocenters. The number of amides is 1. The van der Waals surface area contributed by atoms with E-state index in [-0.39, 0.29) is 23.9 Å². The first kappa shape index (κ1) is 17.8. The fourth-order valence-electron chi connectivity index (χ4n) is 6.25. The van der Waals surface area contributed by atoms with Gasteiger partial charge in [-0.1, -0.05) is 6.07 Å². The van der Waals surface area contributed by atoms with Crippen molar-refractivity contribution in [2.24, 2.45) is 17.8 Å². The quantitative estimate of drug-likeness (QED) is 0.720. The summed E-state index contributed by atoms with van der Waals surface area (Å²) in [6.45, 7) is 0.399. The summed E-state index contributed by atoms with van der Waals surface area (Å²) in [6, 6.07) is 9.74. The van der Waals surface area contributed by atoms with E-state index >= 15 is 0 Å². The summed E-state index contributed by atoms with van der Waals surface area (Å²) in [5, 5.41) is 0. The molecular weight excluding hydrogens is 357 g/mol. The largest absolute Gasteiger partial charge is 0.484 e. The number of nitrogens with zero attached hydrogens (tertiary/aromatic N) is 1. The van der Waals surface area contributed by atoms with Gasteiger partial charge in [0.15, 0.2) is 6.61 Å². The van der Waals surface area contributed by atoms with E-state index in [2.05, 4.69) is 0 Å². The number of carbonyl (C=O) groups is 1. The second-order valence-electron chi connectivity index (χ2n) is 8.95. The van der Waals surface area contributed by atoms with E-state index in [9.17, 15) is 9.18 Å². The van der Waals surface area contributed by atoms with Gasteiger partial charge in [-0.05, 0) is 80.5 Å². The molecule has 4 saturated carbocycles. The maximum atomic E-state index is 13.4. The molecule has 0 radical (unpaired) electrons. The molecule has 4 nitrogen and oxygen atoms in total. The number of halogens is 1. The Hall–Kier alpha value is -2.30. The highest BCUT2D eigenvalue weighted by atomic mass is 19.1. The third kappa shape index (κ3) is 3.31. The fourth-order valence-corrected chi connectivity index (χ4v) is 6.25. The minimum atomic E-state index is -0.363. The molecule has 1 amide bonds. The van der Waals surface area contributed by atoms with E-state index < -0.39 is 0 Å². The average Bonchev–Trinajstić information content (AvgIpc) is 3.16. The van der Waals surface area contributed by atoms with Crippen molar-refractivity contribution in [3.8, 4) is 5.75 Å². The molecule has 28 heavy (non-hydrogen) atoms. The molecule has 4 aliphatic carbocycles. The summed E-state index contributed by atoms with van der Waals surface area (Å²) in [7, 11) is 0. The van der Waals surface area contributed by atoms with Gasteiger partial charge in [0.1, 0.15) is 17.3 Å². The number of benzene rings is 1. The predicted octanol–water partition coefficient (Wildman–Crippen LogP) is 4.80. The highest BCUT2D eigenvalue weighted by Crippen LogP contribution is 2.58. The van der Waals surface area contributed by atoms with Crippen LogP contribution >= 0.6 is 0 Å². The van der Waals surface area contributed by atoms with Crippen LogP contribution in [0.3, 0.4) is 0 Å². The Morgan fingerprint density at radius 1 is 1.11 bits per heavy atom. The van der Waals surface area contributed by atoms with Gasteiger partial charge in [-0.3, -0.25) is 4.79 Å². The summed E-state index contributed by atoms with van der Waals surface area (Å²) in [6.07, 6.45) is 8.88. The van der Waals surface area contributed by atoms with Gasteiger partial charge in [0, 0.05) is 11.6 Å². The summed E-state index contributed by atoms with van der Waals surface area (Å²) in [4.78, 5) is 15.3. The van der Waals surface area contributed by atoms with Gasteiger partial charge in [0.25, 0.3) is 5.91 Å². The molecule has 0 unspecified atom stereocenters. The van der Waals surface area contributed by atoms with Crippen LogP contribution in [0, 0.1) is 23.6 Å². The minimum Gasteiger partial charge on any atom is -0.484 e. The number of rotatable bonds is 6. The highest BCUT2D eigenvalue weighted by Gasteiger charge is 2.54. The van der Waals surface area contributed by atoms with E-state index in [1.165, 1.54) is 31.4 Å². The van der Waals surface area contributed by atoms with Crippen molar-refractivity contribution in [2.75, 3.05) is 6.61 Å². The van der Waals surface area contributed by atoms with Crippen LogP contribution in [-0.2, 0) is 11.3 Å². The fraction of sp³-hybridized carbons (Fsp3) is 0.522. The third-order valence-corrected chi connectivity index (χ3v) is 6.93. The highest BCUT2D eigenvalue weighted by molar-refractivity contribution is 5.78. The second-order valence-corrected chi connectivity index (χ2v) is 8.95. The Kier molecular flexibility index (Phi) is 4.41. The van der Waals surface area contributed by atoms with Crippen LogP contribution in [0.25, 0.3) is 0 Å². The van der Waals surface area contributed by atoms with Crippen LogP contribution in [0.15, 0.2) is 47.1 Å². The van der Waals surface area contributed by atoms with Crippen molar-refractivity contribution in [3.63, 3.8) is 0 Å². The molecule has 0 saturated heterocycles. The molecule has 4 bridgehead atoms. The van der Waals surface area contributed by atoms with E-state index in [0.29, 0.717) is 12.3 Å². The van der Waals surface area contributed by atoms with Gasteiger partial charge in [-0.2, -0.15) is 0 Å². The first-order chi connectivity index (χ1) is 13.6. The summed E-state index contributed by atoms with van der Waals surface area (Å²) >= 11 is 0. The Balaban J connectivity index is 1.38. The molecule has 0 aliphatic heterocycles. The smallest absolute Gasteiger partial charge is 0.261 e. The zero-order valence-corrected chi connectivity index (χ0v) is 16.0. The molecule has 5 heteroatoms. The Labute approximate surface area is 164 Å². The average molecular weight is 383 g/mol. The molecule has 0 spiro atoms. The van der Waals surface area contributed by atoms with Gasteiger partial charge in [-0.25, -0.2) is 4.39 Å². The van der Waals surface area contributed by atoms with Crippen molar-refractivity contribution >= 4 is 5.91 Å². The first-order valence-electron chi connectivity index (χ1n) is 10.3. The summed E-state index contributed by atoms with van der Waals surface area (Å²) < 4.78 is 24.6. The molecule has 1 aromatic heterocycles. The molecule has 0 N–H and O–H groups in total. The lowest BCUT2D eigenvalue weighted by Gasteiger charge is -2.60. The van der Waals surface area contributed by atoms with E-state index in [0.717, 1.165) is 42.8 Å². The van der Waals surface area contributed by atoms with Gasteiger partial charge in [0.2, 0.25) is 0 Å². The van der Waals surface area contributed by atoms with Crippen molar-refractivity contribution in [1.82, 2.24) is 4.90 Å². The van der Waals surface area contributed by atoms with Crippen LogP contribution in [-0.4, -0.2) is 23.0 Å². The topological polar surface area (TPSA) is 42.7 Å². The second kappa shape index (κ2) is 6.94. The van der Waals surface area contributed by atoms with E-state index in [1.807, 2.05) is 17.0 Å². The molecular formula is C23H26FNO3. The van der Waals surface area contributed by atoms with Crippen LogP contribution in [0.1, 0.15) is 44.3 Å². The van der Waals surface area contributed by atoms with Crippen LogP contribution in [0.2, 0.25) is 0 Å². The lowest BCUT2D eigenvalue weighted by Crippen LogP contribution is -2.61. The number of hydrogen-bond donors (Lipinski definition) is 0. The van der Waals surface area contributed by atoms with E-state index in [4.69, 9.17) is 9.15 Å². The lowest BCUT2D eigenvalue weighted by atomic mass is 9.52. The van der Waals surface area contributed by atoms with Crippen LogP contribution in [0.5, 0.6) is 5.75 Å². The molecule has 4 fully saturated rings. The normalized spacial score (nSPS) is 30.4. The number of furan rings is 1. The molecule has 6 rings (SSSR count). The van der Waals surface area contributed by atoms with Gasteiger partial charge in [0.05, 0.1) is 12.8 Å². The number of hydrogen-bond acceptors (Lipinski definition) is 3. The monoisotopic (exact) mass is 383 g/mol. The lowest BCUT2D eigenvalue weighted by molar-refractivity contribution is -0.155. The van der Waals surface area contributed by atoms with Crippen molar-refractivity contribution in [3.05, 3.63) is 54.2 Å². The minimum absolute atomic E-state index is 0.0392. The Bertz CT molecular complexity index is 812. The maximum absolute atomic E-state index is 13.4. The molecule has 1 aromatic carbocycles. The molecule has 2 aromatic rings. The van der Waals surface area contributed by atoms with Crippen LogP contribution < -0.4 is 4.74 Å². The molecule has 148 valence electrons. The van der Waals surface area contributed by atoms with Crippen molar-refractivity contribution in [2.45, 2.75) is 50.6 Å². The Morgan fingerprint density at radius 2 is 1.82 bits per heavy atom. The zero-order valence-electron chi connectivity index (χ0n) is 16.0. The third-order valence-electron chi connectivity index (χ3n) is 6.93. The first-order valence-corrected chi connectivity index (χ1v) is 10.3. The molecule has 1 heterocycles. The number of carbonyl (C=O) groups excluding carboxylic acids is 1. The van der Waals surface area contributed by atoms with Gasteiger partial charge in [-0.15, -0.1) is 0 Å². The summed E-state index contributed by atoms with van der Waals surface area (Å²) in [5.41, 5.74) is -0.0794. The zero-order chi connectivity index (χ0) is 19.1. The predicted molar refractivity (Wildman–Crippen MR) is 102 cm³/mol. The van der Waals surface area contributed by atoms with Crippen LogP contribution in [0.4, 0.5) is 4.39 Å². The van der Waals surface area contributed by atoms with Gasteiger partial charge < -0.3 is 14.1 Å². The number of ether oxygens (including phenoxy) is 1. The SMILES string of the molecule is O=C(COc1cccc(F)c1)N(Cc1ccco1)C12CC3CC(CC(C3)C1)C2.